The van der Waals surface area contributed by atoms with Gasteiger partial charge in [-0.05, 0) is 46.6 Å². The summed E-state index contributed by atoms with van der Waals surface area (Å²) in [5.74, 6) is 0. The van der Waals surface area contributed by atoms with Crippen molar-refractivity contribution in [1.82, 2.24) is 4.72 Å². The van der Waals surface area contributed by atoms with Crippen molar-refractivity contribution in [1.29, 1.82) is 0 Å². The summed E-state index contributed by atoms with van der Waals surface area (Å²) in [6.07, 6.45) is 0. The number of hydrogen-bond donors (Lipinski definition) is 1. The lowest BCUT2D eigenvalue weighted by Crippen LogP contribution is -2.23. The molecule has 0 aromatic heterocycles. The summed E-state index contributed by atoms with van der Waals surface area (Å²) >= 11 is 6.57. The molecule has 0 aliphatic heterocycles. The van der Waals surface area contributed by atoms with Gasteiger partial charge < -0.3 is 0 Å². The van der Waals surface area contributed by atoms with Gasteiger partial charge in [0.05, 0.1) is 4.90 Å². The Bertz CT molecular complexity index is 730. The maximum Gasteiger partial charge on any atom is 0.241 e. The Labute approximate surface area is 135 Å². The van der Waals surface area contributed by atoms with E-state index in [1.165, 1.54) is 0 Å². The monoisotopic (exact) mass is 417 g/mol. The highest BCUT2D eigenvalue weighted by Crippen LogP contribution is 2.25. The molecule has 3 nitrogen and oxygen atoms in total. The highest BCUT2D eigenvalue weighted by atomic mass is 79.9. The van der Waals surface area contributed by atoms with Crippen LogP contribution in [0.2, 0.25) is 0 Å². The number of aryl methyl sites for hydroxylation is 1. The number of hydrogen-bond acceptors (Lipinski definition) is 2. The minimum absolute atomic E-state index is 0.230. The fourth-order valence-corrected chi connectivity index (χ4v) is 4.53. The van der Waals surface area contributed by atoms with Gasteiger partial charge in [0.2, 0.25) is 10.0 Å². The van der Waals surface area contributed by atoms with E-state index in [1.807, 2.05) is 31.2 Å². The maximum absolute atomic E-state index is 12.3. The van der Waals surface area contributed by atoms with E-state index < -0.39 is 10.0 Å². The lowest BCUT2D eigenvalue weighted by atomic mass is 10.1. The molecule has 1 N–H and O–H groups in total. The zero-order chi connectivity index (χ0) is 14.8. The Hall–Kier alpha value is -0.690. The fraction of sp³-hybridized carbons (Fsp3) is 0.143. The summed E-state index contributed by atoms with van der Waals surface area (Å²) < 4.78 is 28.5. The SMILES string of the molecule is Cc1cccc(CNS(=O)(=O)c2ccc(Br)cc2Br)c1. The van der Waals surface area contributed by atoms with Gasteiger partial charge in [-0.2, -0.15) is 0 Å². The van der Waals surface area contributed by atoms with Gasteiger partial charge in [0, 0.05) is 15.5 Å². The summed E-state index contributed by atoms with van der Waals surface area (Å²) in [6, 6.07) is 12.7. The first-order valence-corrected chi connectivity index (χ1v) is 8.96. The molecule has 0 heterocycles. The van der Waals surface area contributed by atoms with Gasteiger partial charge in [-0.1, -0.05) is 45.8 Å². The summed E-state index contributed by atoms with van der Waals surface area (Å²) in [6.45, 7) is 2.25. The summed E-state index contributed by atoms with van der Waals surface area (Å²) in [7, 11) is -3.54. The minimum atomic E-state index is -3.54. The van der Waals surface area contributed by atoms with Crippen molar-refractivity contribution in [2.24, 2.45) is 0 Å². The molecule has 106 valence electrons. The van der Waals surface area contributed by atoms with Crippen LogP contribution in [0.1, 0.15) is 11.1 Å². The molecule has 0 atom stereocenters. The van der Waals surface area contributed by atoms with Crippen LogP contribution in [0.5, 0.6) is 0 Å². The molecule has 0 spiro atoms. The van der Waals surface area contributed by atoms with Gasteiger partial charge in [0.25, 0.3) is 0 Å². The quantitative estimate of drug-likeness (QED) is 0.815. The van der Waals surface area contributed by atoms with Crippen molar-refractivity contribution in [2.75, 3.05) is 0 Å². The third-order valence-electron chi connectivity index (χ3n) is 2.73. The number of sulfonamides is 1. The Kier molecular flexibility index (Phi) is 5.01. The van der Waals surface area contributed by atoms with Crippen molar-refractivity contribution in [3.63, 3.8) is 0 Å². The first-order valence-electron chi connectivity index (χ1n) is 5.89. The van der Waals surface area contributed by atoms with E-state index in [0.29, 0.717) is 4.47 Å². The molecule has 0 radical (unpaired) electrons. The second-order valence-electron chi connectivity index (χ2n) is 4.39. The molecule has 20 heavy (non-hydrogen) atoms. The summed E-state index contributed by atoms with van der Waals surface area (Å²) in [4.78, 5) is 0.230. The van der Waals surface area contributed by atoms with Gasteiger partial charge in [0.1, 0.15) is 0 Å². The van der Waals surface area contributed by atoms with Gasteiger partial charge in [0.15, 0.2) is 0 Å². The van der Waals surface area contributed by atoms with Crippen LogP contribution >= 0.6 is 31.9 Å². The topological polar surface area (TPSA) is 46.2 Å². The first-order chi connectivity index (χ1) is 9.38. The van der Waals surface area contributed by atoms with Gasteiger partial charge >= 0.3 is 0 Å². The molecule has 0 saturated heterocycles. The largest absolute Gasteiger partial charge is 0.241 e. The molecule has 2 rings (SSSR count). The van der Waals surface area contributed by atoms with E-state index in [2.05, 4.69) is 36.6 Å². The number of benzene rings is 2. The molecule has 0 saturated carbocycles. The molecule has 0 fully saturated rings. The van der Waals surface area contributed by atoms with Crippen LogP contribution < -0.4 is 4.72 Å². The van der Waals surface area contributed by atoms with Crippen molar-refractivity contribution in [3.05, 3.63) is 62.5 Å². The minimum Gasteiger partial charge on any atom is -0.207 e. The predicted octanol–water partition coefficient (Wildman–Crippen LogP) is 4.00. The highest BCUT2D eigenvalue weighted by Gasteiger charge is 2.17. The van der Waals surface area contributed by atoms with Crippen molar-refractivity contribution in [3.8, 4) is 0 Å². The molecule has 0 aliphatic rings. The van der Waals surface area contributed by atoms with Gasteiger partial charge in [-0.3, -0.25) is 0 Å². The molecule has 0 aliphatic carbocycles. The number of rotatable bonds is 4. The van der Waals surface area contributed by atoms with Gasteiger partial charge in [-0.15, -0.1) is 0 Å². The van der Waals surface area contributed by atoms with Crippen LogP contribution in [0.15, 0.2) is 56.3 Å². The van der Waals surface area contributed by atoms with Gasteiger partial charge in [-0.25, -0.2) is 13.1 Å². The van der Waals surface area contributed by atoms with Crippen LogP contribution in [0, 0.1) is 6.92 Å². The molecular weight excluding hydrogens is 406 g/mol. The van der Waals surface area contributed by atoms with Crippen LogP contribution in [0.3, 0.4) is 0 Å². The standard InChI is InChI=1S/C14H13Br2NO2S/c1-10-3-2-4-11(7-10)9-17-20(18,19)14-6-5-12(15)8-13(14)16/h2-8,17H,9H2,1H3. The molecule has 0 unspecified atom stereocenters. The Morgan fingerprint density at radius 2 is 1.85 bits per heavy atom. The van der Waals surface area contributed by atoms with E-state index in [1.54, 1.807) is 18.2 Å². The second-order valence-corrected chi connectivity index (χ2v) is 7.89. The van der Waals surface area contributed by atoms with Crippen LogP contribution in [0.25, 0.3) is 0 Å². The van der Waals surface area contributed by atoms with E-state index in [0.717, 1.165) is 15.6 Å². The lowest BCUT2D eigenvalue weighted by Gasteiger charge is -2.09. The molecule has 0 amide bonds. The molecule has 6 heteroatoms. The summed E-state index contributed by atoms with van der Waals surface area (Å²) in [5, 5.41) is 0. The third kappa shape index (κ3) is 3.91. The average molecular weight is 419 g/mol. The zero-order valence-corrected chi connectivity index (χ0v) is 14.7. The summed E-state index contributed by atoms with van der Waals surface area (Å²) in [5.41, 5.74) is 2.04. The molecule has 2 aromatic rings. The normalized spacial score (nSPS) is 11.6. The van der Waals surface area contributed by atoms with E-state index in [9.17, 15) is 8.42 Å². The average Bonchev–Trinajstić information content (AvgIpc) is 2.36. The third-order valence-corrected chi connectivity index (χ3v) is 5.60. The van der Waals surface area contributed by atoms with Crippen molar-refractivity contribution in [2.45, 2.75) is 18.4 Å². The fourth-order valence-electron chi connectivity index (χ4n) is 1.77. The lowest BCUT2D eigenvalue weighted by molar-refractivity contribution is 0.581. The van der Waals surface area contributed by atoms with Crippen LogP contribution in [-0.4, -0.2) is 8.42 Å². The molecule has 2 aromatic carbocycles. The predicted molar refractivity (Wildman–Crippen MR) is 87.0 cm³/mol. The Morgan fingerprint density at radius 3 is 2.50 bits per heavy atom. The van der Waals surface area contributed by atoms with E-state index in [4.69, 9.17) is 0 Å². The van der Waals surface area contributed by atoms with E-state index >= 15 is 0 Å². The maximum atomic E-state index is 12.3. The zero-order valence-electron chi connectivity index (χ0n) is 10.7. The van der Waals surface area contributed by atoms with Crippen molar-refractivity contribution < 1.29 is 8.42 Å². The number of nitrogens with one attached hydrogen (secondary N) is 1. The van der Waals surface area contributed by atoms with Crippen LogP contribution in [-0.2, 0) is 16.6 Å². The Morgan fingerprint density at radius 1 is 1.10 bits per heavy atom. The van der Waals surface area contributed by atoms with Crippen molar-refractivity contribution >= 4 is 41.9 Å². The van der Waals surface area contributed by atoms with Crippen LogP contribution in [0.4, 0.5) is 0 Å². The van der Waals surface area contributed by atoms with E-state index in [-0.39, 0.29) is 11.4 Å². The Balaban J connectivity index is 2.19. The smallest absolute Gasteiger partial charge is 0.207 e. The highest BCUT2D eigenvalue weighted by molar-refractivity contribution is 9.11. The second kappa shape index (κ2) is 6.39. The molecular formula is C14H13Br2NO2S. The first kappa shape index (κ1) is 15.7. The number of halogens is 2. The molecule has 0 bridgehead atoms.